The Morgan fingerprint density at radius 3 is 2.30 bits per heavy atom. The maximum atomic E-state index is 12.6. The predicted octanol–water partition coefficient (Wildman–Crippen LogP) is 2.42. The Morgan fingerprint density at radius 2 is 1.75 bits per heavy atom. The number of halogens is 1. The van der Waals surface area contributed by atoms with Crippen LogP contribution in [0.25, 0.3) is 0 Å². The second-order valence-corrected chi connectivity index (χ2v) is 6.64. The van der Waals surface area contributed by atoms with Gasteiger partial charge in [-0.1, -0.05) is 15.9 Å². The minimum Gasteiger partial charge on any atom is -0.373 e. The predicted molar refractivity (Wildman–Crippen MR) is 76.2 cm³/mol. The second-order valence-electron chi connectivity index (χ2n) is 5.79. The van der Waals surface area contributed by atoms with E-state index in [1.807, 2.05) is 25.1 Å². The number of ether oxygens (including phenoxy) is 1. The van der Waals surface area contributed by atoms with Crippen LogP contribution in [0.4, 0.5) is 5.69 Å². The molecule has 2 amide bonds. The van der Waals surface area contributed by atoms with Crippen molar-refractivity contribution in [2.24, 2.45) is 11.8 Å². The molecule has 3 heterocycles. The van der Waals surface area contributed by atoms with Crippen LogP contribution in [-0.4, -0.2) is 24.0 Å². The number of imide groups is 1. The summed E-state index contributed by atoms with van der Waals surface area (Å²) in [5, 5.41) is 0. The number of nitrogens with zero attached hydrogens (tertiary/aromatic N) is 1. The molecular formula is C15H14BrNO3. The summed E-state index contributed by atoms with van der Waals surface area (Å²) in [4.78, 5) is 26.6. The van der Waals surface area contributed by atoms with Crippen molar-refractivity contribution in [1.29, 1.82) is 0 Å². The molecule has 0 spiro atoms. The quantitative estimate of drug-likeness (QED) is 0.740. The Labute approximate surface area is 125 Å². The highest BCUT2D eigenvalue weighted by atomic mass is 79.9. The second kappa shape index (κ2) is 4.15. The van der Waals surface area contributed by atoms with E-state index >= 15 is 0 Å². The molecule has 3 saturated heterocycles. The summed E-state index contributed by atoms with van der Waals surface area (Å²) in [6.45, 7) is 1.95. The fourth-order valence-corrected chi connectivity index (χ4v) is 3.98. The van der Waals surface area contributed by atoms with Crippen molar-refractivity contribution >= 4 is 33.4 Å². The van der Waals surface area contributed by atoms with Gasteiger partial charge in [0.25, 0.3) is 0 Å². The zero-order valence-corrected chi connectivity index (χ0v) is 12.6. The summed E-state index contributed by atoms with van der Waals surface area (Å²) in [6, 6.07) is 5.57. The molecule has 0 aliphatic carbocycles. The zero-order chi connectivity index (χ0) is 14.0. The number of hydrogen-bond acceptors (Lipinski definition) is 3. The first kappa shape index (κ1) is 12.5. The molecule has 4 atom stereocenters. The van der Waals surface area contributed by atoms with Gasteiger partial charge in [0.2, 0.25) is 11.8 Å². The molecule has 4 rings (SSSR count). The molecule has 0 saturated carbocycles. The van der Waals surface area contributed by atoms with Crippen molar-refractivity contribution < 1.29 is 14.3 Å². The lowest BCUT2D eigenvalue weighted by molar-refractivity contribution is -0.124. The number of rotatable bonds is 1. The van der Waals surface area contributed by atoms with Gasteiger partial charge in [-0.05, 0) is 43.5 Å². The van der Waals surface area contributed by atoms with Crippen LogP contribution < -0.4 is 4.90 Å². The molecule has 5 heteroatoms. The summed E-state index contributed by atoms with van der Waals surface area (Å²) in [7, 11) is 0. The highest BCUT2D eigenvalue weighted by Crippen LogP contribution is 2.49. The summed E-state index contributed by atoms with van der Waals surface area (Å²) in [6.07, 6.45) is 1.70. The molecule has 3 aliphatic rings. The number of benzene rings is 1. The third kappa shape index (κ3) is 1.50. The van der Waals surface area contributed by atoms with Crippen LogP contribution in [-0.2, 0) is 14.3 Å². The molecular weight excluding hydrogens is 322 g/mol. The van der Waals surface area contributed by atoms with Crippen molar-refractivity contribution in [1.82, 2.24) is 0 Å². The topological polar surface area (TPSA) is 46.6 Å². The number of anilines is 1. The minimum atomic E-state index is -0.259. The van der Waals surface area contributed by atoms with Crippen LogP contribution in [0.3, 0.4) is 0 Å². The number of hydrogen-bond donors (Lipinski definition) is 0. The van der Waals surface area contributed by atoms with E-state index in [0.717, 1.165) is 22.9 Å². The summed E-state index contributed by atoms with van der Waals surface area (Å²) in [5.41, 5.74) is 1.69. The SMILES string of the molecule is Cc1cc(N2C(=O)C3C4CCC(O4)C3C2=O)ccc1Br. The molecule has 3 aliphatic heterocycles. The lowest BCUT2D eigenvalue weighted by atomic mass is 9.81. The highest BCUT2D eigenvalue weighted by molar-refractivity contribution is 9.10. The third-order valence-electron chi connectivity index (χ3n) is 4.68. The van der Waals surface area contributed by atoms with Crippen molar-refractivity contribution in [2.75, 3.05) is 4.90 Å². The molecule has 4 unspecified atom stereocenters. The average Bonchev–Trinajstić information content (AvgIpc) is 3.08. The molecule has 3 fully saturated rings. The van der Waals surface area contributed by atoms with Crippen molar-refractivity contribution in [3.8, 4) is 0 Å². The number of fused-ring (bicyclic) bond motifs is 5. The molecule has 1 aromatic carbocycles. The Bertz CT molecular complexity index is 602. The van der Waals surface area contributed by atoms with E-state index in [-0.39, 0.29) is 35.9 Å². The van der Waals surface area contributed by atoms with Gasteiger partial charge in [0.1, 0.15) is 0 Å². The van der Waals surface area contributed by atoms with Gasteiger partial charge in [-0.3, -0.25) is 9.59 Å². The Kier molecular flexibility index (Phi) is 2.60. The normalized spacial score (nSPS) is 35.0. The first-order chi connectivity index (χ1) is 9.58. The van der Waals surface area contributed by atoms with E-state index in [0.29, 0.717) is 5.69 Å². The van der Waals surface area contributed by atoms with Gasteiger partial charge >= 0.3 is 0 Å². The van der Waals surface area contributed by atoms with Crippen LogP contribution in [0.1, 0.15) is 18.4 Å². The minimum absolute atomic E-state index is 0.0528. The van der Waals surface area contributed by atoms with Gasteiger partial charge in [-0.15, -0.1) is 0 Å². The Morgan fingerprint density at radius 1 is 1.15 bits per heavy atom. The molecule has 104 valence electrons. The first-order valence-corrected chi connectivity index (χ1v) is 7.66. The number of carbonyl (C=O) groups excluding carboxylic acids is 2. The standard InChI is InChI=1S/C15H14BrNO3/c1-7-6-8(2-3-9(7)16)17-14(18)12-10-4-5-11(20-10)13(12)15(17)19/h2-3,6,10-13H,4-5H2,1H3. The smallest absolute Gasteiger partial charge is 0.240 e. The van der Waals surface area contributed by atoms with Gasteiger partial charge in [-0.2, -0.15) is 0 Å². The monoisotopic (exact) mass is 335 g/mol. The van der Waals surface area contributed by atoms with Crippen LogP contribution in [0.2, 0.25) is 0 Å². The lowest BCUT2D eigenvalue weighted by Gasteiger charge is -2.18. The van der Waals surface area contributed by atoms with E-state index in [2.05, 4.69) is 15.9 Å². The molecule has 20 heavy (non-hydrogen) atoms. The van der Waals surface area contributed by atoms with Gasteiger partial charge in [0, 0.05) is 4.47 Å². The zero-order valence-electron chi connectivity index (χ0n) is 11.0. The lowest BCUT2D eigenvalue weighted by Crippen LogP contribution is -2.34. The Balaban J connectivity index is 1.74. The van der Waals surface area contributed by atoms with E-state index < -0.39 is 0 Å². The summed E-state index contributed by atoms with van der Waals surface area (Å²) < 4.78 is 6.71. The fraction of sp³-hybridized carbons (Fsp3) is 0.467. The number of aryl methyl sites for hydroxylation is 1. The van der Waals surface area contributed by atoms with E-state index in [4.69, 9.17) is 4.74 Å². The van der Waals surface area contributed by atoms with Crippen LogP contribution in [0, 0.1) is 18.8 Å². The van der Waals surface area contributed by atoms with E-state index in [1.165, 1.54) is 4.90 Å². The van der Waals surface area contributed by atoms with Crippen LogP contribution in [0.15, 0.2) is 22.7 Å². The fourth-order valence-electron chi connectivity index (χ4n) is 3.73. The number of carbonyl (C=O) groups is 2. The van der Waals surface area contributed by atoms with E-state index in [9.17, 15) is 9.59 Å². The van der Waals surface area contributed by atoms with E-state index in [1.54, 1.807) is 0 Å². The first-order valence-electron chi connectivity index (χ1n) is 6.87. The average molecular weight is 336 g/mol. The molecule has 1 aromatic rings. The van der Waals surface area contributed by atoms with Gasteiger partial charge in [-0.25, -0.2) is 4.90 Å². The largest absolute Gasteiger partial charge is 0.373 e. The molecule has 0 N–H and O–H groups in total. The van der Waals surface area contributed by atoms with Crippen LogP contribution >= 0.6 is 15.9 Å². The Hall–Kier alpha value is -1.20. The third-order valence-corrected chi connectivity index (χ3v) is 5.57. The van der Waals surface area contributed by atoms with Crippen molar-refractivity contribution in [2.45, 2.75) is 32.0 Å². The summed E-state index contributed by atoms with van der Waals surface area (Å²) >= 11 is 3.44. The molecule has 2 bridgehead atoms. The molecule has 0 radical (unpaired) electrons. The molecule has 0 aromatic heterocycles. The van der Waals surface area contributed by atoms with Gasteiger partial charge in [0.15, 0.2) is 0 Å². The van der Waals surface area contributed by atoms with Gasteiger partial charge < -0.3 is 4.74 Å². The summed E-state index contributed by atoms with van der Waals surface area (Å²) in [5.74, 6) is -0.696. The van der Waals surface area contributed by atoms with Crippen LogP contribution in [0.5, 0.6) is 0 Å². The van der Waals surface area contributed by atoms with Crippen molar-refractivity contribution in [3.05, 3.63) is 28.2 Å². The van der Waals surface area contributed by atoms with Gasteiger partial charge in [0.05, 0.1) is 29.7 Å². The molecule has 4 nitrogen and oxygen atoms in total. The maximum Gasteiger partial charge on any atom is 0.240 e. The number of amides is 2. The maximum absolute atomic E-state index is 12.6. The highest BCUT2D eigenvalue weighted by Gasteiger charge is 2.62. The van der Waals surface area contributed by atoms with Crippen molar-refractivity contribution in [3.63, 3.8) is 0 Å².